The van der Waals surface area contributed by atoms with Gasteiger partial charge in [0.25, 0.3) is 0 Å². The van der Waals surface area contributed by atoms with Crippen LogP contribution in [0.25, 0.3) is 0 Å². The molecule has 1 aromatic heterocycles. The van der Waals surface area contributed by atoms with E-state index in [1.165, 1.54) is 59.4 Å². The van der Waals surface area contributed by atoms with Gasteiger partial charge in [-0.05, 0) is 98.4 Å². The third-order valence-corrected chi connectivity index (χ3v) is 9.05. The van der Waals surface area contributed by atoms with Gasteiger partial charge in [0.1, 0.15) is 0 Å². The summed E-state index contributed by atoms with van der Waals surface area (Å²) in [5.41, 5.74) is 5.79. The maximum atomic E-state index is 13.6. The lowest BCUT2D eigenvalue weighted by Gasteiger charge is -2.31. The van der Waals surface area contributed by atoms with E-state index in [-0.39, 0.29) is 24.5 Å². The summed E-state index contributed by atoms with van der Waals surface area (Å²) >= 11 is 1.50. The number of hydrogen-bond acceptors (Lipinski definition) is 5. The van der Waals surface area contributed by atoms with E-state index < -0.39 is 11.7 Å². The maximum absolute atomic E-state index is 13.6. The Bertz CT molecular complexity index is 1360. The van der Waals surface area contributed by atoms with Gasteiger partial charge in [0.05, 0.1) is 22.9 Å². The summed E-state index contributed by atoms with van der Waals surface area (Å²) in [6.07, 6.45) is 3.96. The number of nitriles is 1. The Kier molecular flexibility index (Phi) is 9.68. The molecule has 0 bridgehead atoms. The molecule has 214 valence electrons. The second-order valence-corrected chi connectivity index (χ2v) is 11.8. The predicted octanol–water partition coefficient (Wildman–Crippen LogP) is 8.48. The smallest absolute Gasteiger partial charge is 0.371 e. The van der Waals surface area contributed by atoms with Crippen molar-refractivity contribution in [1.82, 2.24) is 4.98 Å². The lowest BCUT2D eigenvalue weighted by atomic mass is 10.0. The highest BCUT2D eigenvalue weighted by Gasteiger charge is 2.31. The molecule has 2 aliphatic rings. The van der Waals surface area contributed by atoms with Gasteiger partial charge in [-0.3, -0.25) is 0 Å². The summed E-state index contributed by atoms with van der Waals surface area (Å²) in [5, 5.41) is 12.2. The monoisotopic (exact) mass is 588 g/mol. The Morgan fingerprint density at radius 1 is 1.00 bits per heavy atom. The largest absolute Gasteiger partial charge is 0.416 e. The summed E-state index contributed by atoms with van der Waals surface area (Å²) in [4.78, 5) is 9.29. The van der Waals surface area contributed by atoms with Crippen molar-refractivity contribution in [2.24, 2.45) is 5.92 Å². The summed E-state index contributed by atoms with van der Waals surface area (Å²) in [6, 6.07) is 10.2. The number of alkyl halides is 3. The van der Waals surface area contributed by atoms with E-state index in [9.17, 15) is 18.4 Å². The van der Waals surface area contributed by atoms with Gasteiger partial charge >= 0.3 is 6.18 Å². The molecule has 5 rings (SSSR count). The number of rotatable bonds is 9. The Balaban J connectivity index is 0.00000370. The molecule has 0 N–H and O–H groups in total. The predicted molar refractivity (Wildman–Crippen MR) is 158 cm³/mol. The number of fused-ring (bicyclic) bond motifs is 1. The van der Waals surface area contributed by atoms with E-state index in [1.54, 1.807) is 6.07 Å². The van der Waals surface area contributed by atoms with Crippen LogP contribution < -0.4 is 9.80 Å². The first-order chi connectivity index (χ1) is 18.7. The molecule has 9 heteroatoms. The molecule has 0 spiro atoms. The van der Waals surface area contributed by atoms with Gasteiger partial charge in [0.2, 0.25) is 0 Å². The van der Waals surface area contributed by atoms with Crippen molar-refractivity contribution in [3.63, 3.8) is 0 Å². The van der Waals surface area contributed by atoms with Crippen LogP contribution in [-0.2, 0) is 32.1 Å². The highest BCUT2D eigenvalue weighted by Crippen LogP contribution is 2.36. The summed E-state index contributed by atoms with van der Waals surface area (Å²) in [7, 11) is 0. The lowest BCUT2D eigenvalue weighted by molar-refractivity contribution is -0.137. The molecule has 0 unspecified atom stereocenters. The van der Waals surface area contributed by atoms with Crippen LogP contribution in [-0.4, -0.2) is 18.1 Å². The quantitative estimate of drug-likeness (QED) is 0.251. The average molecular weight is 589 g/mol. The van der Waals surface area contributed by atoms with Crippen LogP contribution in [0.4, 0.5) is 24.0 Å². The van der Waals surface area contributed by atoms with Crippen LogP contribution >= 0.6 is 23.7 Å². The first-order valence-corrected chi connectivity index (χ1v) is 14.8. The molecular weight excluding hydrogens is 553 g/mol. The van der Waals surface area contributed by atoms with E-state index in [1.807, 2.05) is 18.4 Å². The number of nitrogens with zero attached hydrogens (tertiary/aromatic N) is 4. The Hall–Kier alpha value is -2.76. The molecule has 2 aliphatic carbocycles. The fraction of sp³-hybridized carbons (Fsp3) is 0.484. The first kappa shape index (κ1) is 30.2. The third-order valence-electron chi connectivity index (χ3n) is 8.03. The van der Waals surface area contributed by atoms with Crippen LogP contribution in [0.2, 0.25) is 0 Å². The van der Waals surface area contributed by atoms with Crippen molar-refractivity contribution in [3.8, 4) is 6.07 Å². The second kappa shape index (κ2) is 12.8. The van der Waals surface area contributed by atoms with Crippen molar-refractivity contribution in [1.29, 1.82) is 5.26 Å². The molecule has 3 aromatic rings. The summed E-state index contributed by atoms with van der Waals surface area (Å²) in [5.74, 6) is 0.707. The topological polar surface area (TPSA) is 43.2 Å². The molecule has 2 aromatic carbocycles. The first-order valence-electron chi connectivity index (χ1n) is 13.9. The van der Waals surface area contributed by atoms with E-state index in [0.717, 1.165) is 55.3 Å². The molecule has 1 heterocycles. The zero-order valence-corrected chi connectivity index (χ0v) is 24.7. The van der Waals surface area contributed by atoms with Crippen molar-refractivity contribution >= 4 is 34.6 Å². The zero-order valence-electron chi connectivity index (χ0n) is 23.1. The SMILES string of the molecule is CCN(CC1CCCC1)c1cc2c(cc1CN(Cc1cc(C#N)cc(C(F)(F)F)c1)c1nc(C)cs1)CCC2.Cl. The summed E-state index contributed by atoms with van der Waals surface area (Å²) < 4.78 is 40.9. The molecule has 0 radical (unpaired) electrons. The average Bonchev–Trinajstić information content (AvgIpc) is 3.68. The van der Waals surface area contributed by atoms with Gasteiger partial charge in [-0.1, -0.05) is 18.9 Å². The molecule has 0 atom stereocenters. The second-order valence-electron chi connectivity index (χ2n) is 10.9. The van der Waals surface area contributed by atoms with Crippen LogP contribution in [0.15, 0.2) is 35.7 Å². The molecule has 4 nitrogen and oxygen atoms in total. The standard InChI is InChI=1S/C31H35F3N4S.ClH/c1-3-37(17-22-7-4-5-8-22)29-15-26-10-6-9-25(26)14-27(29)19-38(30-36-21(2)20-39-30)18-24-11-23(16-35)12-28(13-24)31(32,33)34;/h11-15,20,22H,3-10,17-19H2,1-2H3;1H. The van der Waals surface area contributed by atoms with Crippen molar-refractivity contribution in [3.05, 3.63) is 74.8 Å². The Labute approximate surface area is 245 Å². The molecule has 0 amide bonds. The van der Waals surface area contributed by atoms with Crippen LogP contribution in [0.5, 0.6) is 0 Å². The molecule has 40 heavy (non-hydrogen) atoms. The number of aromatic nitrogens is 1. The minimum absolute atomic E-state index is 0. The molecule has 0 saturated heterocycles. The molecule has 1 saturated carbocycles. The lowest BCUT2D eigenvalue weighted by Crippen LogP contribution is -2.31. The zero-order chi connectivity index (χ0) is 27.6. The normalized spacial score (nSPS) is 15.0. The van der Waals surface area contributed by atoms with Gasteiger partial charge in [-0.25, -0.2) is 4.98 Å². The fourth-order valence-corrected chi connectivity index (χ4v) is 6.90. The maximum Gasteiger partial charge on any atom is 0.416 e. The third kappa shape index (κ3) is 6.92. The highest BCUT2D eigenvalue weighted by atomic mass is 35.5. The minimum Gasteiger partial charge on any atom is -0.371 e. The number of hydrogen-bond donors (Lipinski definition) is 0. The van der Waals surface area contributed by atoms with Gasteiger partial charge in [-0.15, -0.1) is 23.7 Å². The number of halogens is 4. The van der Waals surface area contributed by atoms with Crippen LogP contribution in [0.1, 0.15) is 78.1 Å². The fourth-order valence-electron chi connectivity index (χ4n) is 6.10. The van der Waals surface area contributed by atoms with Gasteiger partial charge in [-0.2, -0.15) is 18.4 Å². The highest BCUT2D eigenvalue weighted by molar-refractivity contribution is 7.13. The van der Waals surface area contributed by atoms with E-state index >= 15 is 0 Å². The number of aryl methyl sites for hydroxylation is 3. The number of benzene rings is 2. The van der Waals surface area contributed by atoms with Gasteiger partial charge in [0.15, 0.2) is 5.13 Å². The van der Waals surface area contributed by atoms with E-state index in [4.69, 9.17) is 4.98 Å². The van der Waals surface area contributed by atoms with E-state index in [2.05, 4.69) is 28.9 Å². The van der Waals surface area contributed by atoms with Crippen LogP contribution in [0, 0.1) is 24.2 Å². The Morgan fingerprint density at radius 3 is 2.35 bits per heavy atom. The Morgan fingerprint density at radius 2 is 1.73 bits per heavy atom. The van der Waals surface area contributed by atoms with Crippen molar-refractivity contribution in [2.75, 3.05) is 22.9 Å². The summed E-state index contributed by atoms with van der Waals surface area (Å²) in [6.45, 7) is 6.86. The molecule has 1 fully saturated rings. The van der Waals surface area contributed by atoms with Crippen LogP contribution in [0.3, 0.4) is 0 Å². The van der Waals surface area contributed by atoms with Crippen molar-refractivity contribution < 1.29 is 13.2 Å². The van der Waals surface area contributed by atoms with Gasteiger partial charge < -0.3 is 9.80 Å². The molecular formula is C31H36ClF3N4S. The minimum atomic E-state index is -4.51. The van der Waals surface area contributed by atoms with Gasteiger partial charge in [0, 0.05) is 37.2 Å². The number of thiazole rings is 1. The molecule has 0 aliphatic heterocycles. The van der Waals surface area contributed by atoms with E-state index in [0.29, 0.717) is 18.0 Å². The van der Waals surface area contributed by atoms with Crippen molar-refractivity contribution in [2.45, 2.75) is 78.1 Å². The number of anilines is 2.